The molecular formula is C22H24N8. The first-order chi connectivity index (χ1) is 14.7. The van der Waals surface area contributed by atoms with E-state index in [1.807, 2.05) is 24.5 Å². The molecule has 8 nitrogen and oxygen atoms in total. The first-order valence-corrected chi connectivity index (χ1v) is 10.2. The minimum Gasteiger partial charge on any atom is -0.384 e. The van der Waals surface area contributed by atoms with Crippen molar-refractivity contribution in [3.8, 4) is 22.4 Å². The molecule has 5 rings (SSSR count). The zero-order chi connectivity index (χ0) is 20.5. The van der Waals surface area contributed by atoms with Crippen LogP contribution in [0.1, 0.15) is 6.92 Å². The SMILES string of the molecule is CCN1CCN(c2ncc(-c3n[nH]c4cc(-c5ccnc(N)c5)ccc34)cn2)CC1. The van der Waals surface area contributed by atoms with Gasteiger partial charge in [-0.25, -0.2) is 15.0 Å². The third-order valence-corrected chi connectivity index (χ3v) is 5.69. The van der Waals surface area contributed by atoms with Gasteiger partial charge in [0.1, 0.15) is 11.5 Å². The maximum Gasteiger partial charge on any atom is 0.225 e. The Bertz CT molecular complexity index is 1160. The number of benzene rings is 1. The van der Waals surface area contributed by atoms with E-state index >= 15 is 0 Å². The molecule has 0 radical (unpaired) electrons. The third kappa shape index (κ3) is 3.46. The van der Waals surface area contributed by atoms with E-state index in [0.717, 1.165) is 72.0 Å². The molecular weight excluding hydrogens is 376 g/mol. The number of nitrogens with zero attached hydrogens (tertiary/aromatic N) is 6. The fourth-order valence-electron chi connectivity index (χ4n) is 3.92. The van der Waals surface area contributed by atoms with E-state index in [1.54, 1.807) is 6.20 Å². The number of H-pyrrole nitrogens is 1. The molecule has 0 saturated carbocycles. The maximum atomic E-state index is 5.82. The summed E-state index contributed by atoms with van der Waals surface area (Å²) < 4.78 is 0. The van der Waals surface area contributed by atoms with Crippen molar-refractivity contribution in [1.82, 2.24) is 30.0 Å². The van der Waals surface area contributed by atoms with Crippen LogP contribution in [0.25, 0.3) is 33.3 Å². The number of aromatic amines is 1. The van der Waals surface area contributed by atoms with E-state index in [1.165, 1.54) is 0 Å². The number of anilines is 2. The quantitative estimate of drug-likeness (QED) is 0.543. The summed E-state index contributed by atoms with van der Waals surface area (Å²) in [5.41, 5.74) is 10.6. The molecule has 1 aliphatic rings. The summed E-state index contributed by atoms with van der Waals surface area (Å²) in [6.07, 6.45) is 5.44. The average Bonchev–Trinajstić information content (AvgIpc) is 3.22. The Kier molecular flexibility index (Phi) is 4.76. The molecule has 1 fully saturated rings. The number of nitrogens with one attached hydrogen (secondary N) is 1. The molecule has 1 aromatic carbocycles. The highest BCUT2D eigenvalue weighted by Gasteiger charge is 2.18. The number of piperazine rings is 1. The summed E-state index contributed by atoms with van der Waals surface area (Å²) in [6.45, 7) is 7.32. The minimum atomic E-state index is 0.506. The van der Waals surface area contributed by atoms with E-state index in [2.05, 4.69) is 60.1 Å². The zero-order valence-electron chi connectivity index (χ0n) is 16.9. The van der Waals surface area contributed by atoms with Crippen LogP contribution in [0.3, 0.4) is 0 Å². The minimum absolute atomic E-state index is 0.506. The molecule has 0 spiro atoms. The molecule has 0 aliphatic carbocycles. The van der Waals surface area contributed by atoms with Crippen LogP contribution in [0.5, 0.6) is 0 Å². The van der Waals surface area contributed by atoms with Gasteiger partial charge in [0.15, 0.2) is 0 Å². The van der Waals surface area contributed by atoms with Gasteiger partial charge in [0.25, 0.3) is 0 Å². The second kappa shape index (κ2) is 7.72. The Labute approximate surface area is 174 Å². The predicted molar refractivity (Wildman–Crippen MR) is 119 cm³/mol. The molecule has 8 heteroatoms. The van der Waals surface area contributed by atoms with E-state index in [4.69, 9.17) is 5.73 Å². The van der Waals surface area contributed by atoms with Gasteiger partial charge in [0, 0.05) is 55.7 Å². The largest absolute Gasteiger partial charge is 0.384 e. The molecule has 0 amide bonds. The van der Waals surface area contributed by atoms with Crippen LogP contribution in [0.2, 0.25) is 0 Å². The molecule has 4 aromatic rings. The highest BCUT2D eigenvalue weighted by molar-refractivity contribution is 5.95. The van der Waals surface area contributed by atoms with Crippen LogP contribution in [-0.4, -0.2) is 62.8 Å². The van der Waals surface area contributed by atoms with Crippen molar-refractivity contribution in [1.29, 1.82) is 0 Å². The highest BCUT2D eigenvalue weighted by Crippen LogP contribution is 2.30. The van der Waals surface area contributed by atoms with Gasteiger partial charge in [-0.15, -0.1) is 0 Å². The number of nitrogens with two attached hydrogens (primary N) is 1. The lowest BCUT2D eigenvalue weighted by Crippen LogP contribution is -2.46. The number of pyridine rings is 1. The number of hydrogen-bond acceptors (Lipinski definition) is 7. The lowest BCUT2D eigenvalue weighted by atomic mass is 10.0. The van der Waals surface area contributed by atoms with Gasteiger partial charge in [-0.3, -0.25) is 5.10 Å². The van der Waals surface area contributed by atoms with Gasteiger partial charge >= 0.3 is 0 Å². The molecule has 1 aliphatic heterocycles. The van der Waals surface area contributed by atoms with Crippen molar-refractivity contribution in [2.75, 3.05) is 43.4 Å². The monoisotopic (exact) mass is 400 g/mol. The van der Waals surface area contributed by atoms with Crippen LogP contribution in [0, 0.1) is 0 Å². The average molecular weight is 400 g/mol. The Morgan fingerprint density at radius 3 is 2.43 bits per heavy atom. The lowest BCUT2D eigenvalue weighted by Gasteiger charge is -2.33. The van der Waals surface area contributed by atoms with Crippen LogP contribution < -0.4 is 10.6 Å². The van der Waals surface area contributed by atoms with E-state index in [9.17, 15) is 0 Å². The Balaban J connectivity index is 1.40. The normalized spacial score (nSPS) is 15.0. The molecule has 3 N–H and O–H groups in total. The van der Waals surface area contributed by atoms with Crippen LogP contribution in [0.4, 0.5) is 11.8 Å². The van der Waals surface area contributed by atoms with Gasteiger partial charge in [0.05, 0.1) is 5.52 Å². The van der Waals surface area contributed by atoms with Crippen molar-refractivity contribution in [3.63, 3.8) is 0 Å². The first-order valence-electron chi connectivity index (χ1n) is 10.2. The van der Waals surface area contributed by atoms with Crippen LogP contribution in [0.15, 0.2) is 48.9 Å². The zero-order valence-corrected chi connectivity index (χ0v) is 16.9. The molecule has 0 bridgehead atoms. The Hall–Kier alpha value is -3.52. The van der Waals surface area contributed by atoms with Gasteiger partial charge in [-0.1, -0.05) is 13.0 Å². The van der Waals surface area contributed by atoms with Crippen LogP contribution in [-0.2, 0) is 0 Å². The maximum absolute atomic E-state index is 5.82. The van der Waals surface area contributed by atoms with Crippen molar-refractivity contribution in [2.45, 2.75) is 6.92 Å². The highest BCUT2D eigenvalue weighted by atomic mass is 15.3. The summed E-state index contributed by atoms with van der Waals surface area (Å²) in [7, 11) is 0. The predicted octanol–water partition coefficient (Wildman–Crippen LogP) is 2.81. The van der Waals surface area contributed by atoms with Crippen molar-refractivity contribution < 1.29 is 0 Å². The molecule has 0 unspecified atom stereocenters. The molecule has 152 valence electrons. The summed E-state index contributed by atoms with van der Waals surface area (Å²) in [5, 5.41) is 8.69. The fraction of sp³-hybridized carbons (Fsp3) is 0.273. The number of rotatable bonds is 4. The van der Waals surface area contributed by atoms with Crippen molar-refractivity contribution in [3.05, 3.63) is 48.9 Å². The first kappa shape index (κ1) is 18.5. The van der Waals surface area contributed by atoms with Gasteiger partial charge < -0.3 is 15.5 Å². The van der Waals surface area contributed by atoms with Gasteiger partial charge in [-0.05, 0) is 41.9 Å². The van der Waals surface area contributed by atoms with Gasteiger partial charge in [-0.2, -0.15) is 5.10 Å². The summed E-state index contributed by atoms with van der Waals surface area (Å²) >= 11 is 0. The van der Waals surface area contributed by atoms with Crippen LogP contribution >= 0.6 is 0 Å². The number of fused-ring (bicyclic) bond motifs is 1. The summed E-state index contributed by atoms with van der Waals surface area (Å²) in [5.74, 6) is 1.29. The number of hydrogen-bond donors (Lipinski definition) is 2. The number of likely N-dealkylation sites (N-methyl/N-ethyl adjacent to an activating group) is 1. The van der Waals surface area contributed by atoms with Crippen molar-refractivity contribution in [2.24, 2.45) is 0 Å². The molecule has 1 saturated heterocycles. The third-order valence-electron chi connectivity index (χ3n) is 5.69. The second-order valence-electron chi connectivity index (χ2n) is 7.50. The second-order valence-corrected chi connectivity index (χ2v) is 7.50. The molecule has 3 aromatic heterocycles. The summed E-state index contributed by atoms with van der Waals surface area (Å²) in [4.78, 5) is 18.0. The number of aromatic nitrogens is 5. The van der Waals surface area contributed by atoms with Crippen molar-refractivity contribution >= 4 is 22.7 Å². The van der Waals surface area contributed by atoms with E-state index in [-0.39, 0.29) is 0 Å². The van der Waals surface area contributed by atoms with Gasteiger partial charge in [0.2, 0.25) is 5.95 Å². The molecule has 30 heavy (non-hydrogen) atoms. The smallest absolute Gasteiger partial charge is 0.225 e. The topological polar surface area (TPSA) is 99.9 Å². The molecule has 4 heterocycles. The van der Waals surface area contributed by atoms with E-state index < -0.39 is 0 Å². The fourth-order valence-corrected chi connectivity index (χ4v) is 3.92. The standard InChI is InChI=1S/C22H24N8/c1-2-29-7-9-30(10-8-29)22-25-13-17(14-26-22)21-18-4-3-15(11-19(18)27-28-21)16-5-6-24-20(23)12-16/h3-6,11-14H,2,7-10H2,1H3,(H2,23,24)(H,27,28). The Morgan fingerprint density at radius 2 is 1.70 bits per heavy atom. The number of nitrogen functional groups attached to an aromatic ring is 1. The summed E-state index contributed by atoms with van der Waals surface area (Å²) in [6, 6.07) is 10.0. The Morgan fingerprint density at radius 1 is 0.933 bits per heavy atom. The van der Waals surface area contributed by atoms with E-state index in [0.29, 0.717) is 5.82 Å². The lowest BCUT2D eigenvalue weighted by molar-refractivity contribution is 0.270. The molecule has 0 atom stereocenters.